The fourth-order valence-electron chi connectivity index (χ4n) is 1.71. The minimum absolute atomic E-state index is 0.147. The largest absolute Gasteiger partial charge is 0.391 e. The summed E-state index contributed by atoms with van der Waals surface area (Å²) in [5.74, 6) is -0.147. The molecular formula is C14H20N2O2. The standard InChI is InChI=1S/C14H20N2O2/c1-18-11-14(17)7-8-16-10-13(9-15)12-5-3-2-4-6-12/h2-6,13-14,16-17H,7-8,10-11H2,1H3. The second-order valence-electron chi connectivity index (χ2n) is 4.19. The van der Waals surface area contributed by atoms with Gasteiger partial charge in [-0.3, -0.25) is 0 Å². The van der Waals surface area contributed by atoms with Gasteiger partial charge in [-0.05, 0) is 18.5 Å². The van der Waals surface area contributed by atoms with E-state index >= 15 is 0 Å². The van der Waals surface area contributed by atoms with Crippen LogP contribution in [0.5, 0.6) is 0 Å². The molecule has 2 atom stereocenters. The normalized spacial score (nSPS) is 13.8. The van der Waals surface area contributed by atoms with Gasteiger partial charge in [-0.2, -0.15) is 5.26 Å². The zero-order chi connectivity index (χ0) is 13.2. The summed E-state index contributed by atoms with van der Waals surface area (Å²) in [7, 11) is 1.57. The molecule has 0 heterocycles. The second-order valence-corrected chi connectivity index (χ2v) is 4.19. The Hall–Kier alpha value is -1.41. The Bertz CT molecular complexity index is 362. The Balaban J connectivity index is 2.27. The highest BCUT2D eigenvalue weighted by Gasteiger charge is 2.09. The number of hydrogen-bond acceptors (Lipinski definition) is 4. The lowest BCUT2D eigenvalue weighted by molar-refractivity contribution is 0.0595. The van der Waals surface area contributed by atoms with E-state index in [1.165, 1.54) is 0 Å². The van der Waals surface area contributed by atoms with Crippen LogP contribution in [-0.2, 0) is 4.74 Å². The van der Waals surface area contributed by atoms with Gasteiger partial charge >= 0.3 is 0 Å². The minimum atomic E-state index is -0.445. The van der Waals surface area contributed by atoms with Crippen LogP contribution in [0.4, 0.5) is 0 Å². The zero-order valence-electron chi connectivity index (χ0n) is 10.7. The molecule has 0 radical (unpaired) electrons. The molecule has 0 aliphatic heterocycles. The summed E-state index contributed by atoms with van der Waals surface area (Å²) >= 11 is 0. The highest BCUT2D eigenvalue weighted by Crippen LogP contribution is 2.12. The van der Waals surface area contributed by atoms with Gasteiger partial charge in [0.25, 0.3) is 0 Å². The number of ether oxygens (including phenoxy) is 1. The third kappa shape index (κ3) is 5.28. The van der Waals surface area contributed by atoms with Crippen LogP contribution in [0, 0.1) is 11.3 Å². The van der Waals surface area contributed by atoms with E-state index in [2.05, 4.69) is 11.4 Å². The maximum absolute atomic E-state index is 9.46. The molecule has 0 aliphatic rings. The van der Waals surface area contributed by atoms with E-state index in [0.29, 0.717) is 26.1 Å². The first-order valence-electron chi connectivity index (χ1n) is 6.10. The third-order valence-electron chi connectivity index (χ3n) is 2.72. The van der Waals surface area contributed by atoms with Crippen molar-refractivity contribution in [1.29, 1.82) is 5.26 Å². The van der Waals surface area contributed by atoms with Gasteiger partial charge in [-0.25, -0.2) is 0 Å². The number of aliphatic hydroxyl groups excluding tert-OH is 1. The van der Waals surface area contributed by atoms with E-state index < -0.39 is 6.10 Å². The van der Waals surface area contributed by atoms with Gasteiger partial charge in [0, 0.05) is 13.7 Å². The van der Waals surface area contributed by atoms with E-state index in [1.807, 2.05) is 30.3 Å². The molecule has 0 aromatic heterocycles. The van der Waals surface area contributed by atoms with Gasteiger partial charge in [-0.15, -0.1) is 0 Å². The van der Waals surface area contributed by atoms with Gasteiger partial charge in [0.15, 0.2) is 0 Å². The number of nitriles is 1. The molecule has 0 bridgehead atoms. The smallest absolute Gasteiger partial charge is 0.0837 e. The quantitative estimate of drug-likeness (QED) is 0.680. The fourth-order valence-corrected chi connectivity index (χ4v) is 1.71. The van der Waals surface area contributed by atoms with Crippen molar-refractivity contribution < 1.29 is 9.84 Å². The van der Waals surface area contributed by atoms with Crippen LogP contribution in [0.2, 0.25) is 0 Å². The van der Waals surface area contributed by atoms with Crippen LogP contribution < -0.4 is 5.32 Å². The van der Waals surface area contributed by atoms with Gasteiger partial charge in [-0.1, -0.05) is 30.3 Å². The van der Waals surface area contributed by atoms with E-state index in [0.717, 1.165) is 5.56 Å². The van der Waals surface area contributed by atoms with Gasteiger partial charge < -0.3 is 15.2 Å². The average molecular weight is 248 g/mol. The second kappa shape index (κ2) is 8.65. The van der Waals surface area contributed by atoms with E-state index in [1.54, 1.807) is 7.11 Å². The topological polar surface area (TPSA) is 65.3 Å². The van der Waals surface area contributed by atoms with Crippen LogP contribution in [0.3, 0.4) is 0 Å². The van der Waals surface area contributed by atoms with Crippen LogP contribution in [0.15, 0.2) is 30.3 Å². The molecule has 4 heteroatoms. The summed E-state index contributed by atoms with van der Waals surface area (Å²) in [6.45, 7) is 1.62. The lowest BCUT2D eigenvalue weighted by Crippen LogP contribution is -2.26. The number of nitrogens with zero attached hydrogens (tertiary/aromatic N) is 1. The molecule has 0 fully saturated rings. The zero-order valence-corrected chi connectivity index (χ0v) is 10.7. The lowest BCUT2D eigenvalue weighted by atomic mass is 10.0. The van der Waals surface area contributed by atoms with Crippen LogP contribution >= 0.6 is 0 Å². The summed E-state index contributed by atoms with van der Waals surface area (Å²) in [6.07, 6.45) is 0.181. The number of nitrogens with one attached hydrogen (secondary N) is 1. The summed E-state index contributed by atoms with van der Waals surface area (Å²) < 4.78 is 4.84. The average Bonchev–Trinajstić information content (AvgIpc) is 2.40. The third-order valence-corrected chi connectivity index (χ3v) is 2.72. The van der Waals surface area contributed by atoms with Crippen molar-refractivity contribution in [3.8, 4) is 6.07 Å². The molecule has 0 saturated heterocycles. The van der Waals surface area contributed by atoms with Crippen molar-refractivity contribution in [2.24, 2.45) is 0 Å². The Morgan fingerprint density at radius 3 is 2.72 bits per heavy atom. The number of hydrogen-bond donors (Lipinski definition) is 2. The van der Waals surface area contributed by atoms with Crippen molar-refractivity contribution in [2.45, 2.75) is 18.4 Å². The van der Waals surface area contributed by atoms with Gasteiger partial charge in [0.05, 0.1) is 24.7 Å². The molecule has 1 aromatic carbocycles. The first-order valence-corrected chi connectivity index (χ1v) is 6.10. The number of methoxy groups -OCH3 is 1. The van der Waals surface area contributed by atoms with Crippen molar-refractivity contribution >= 4 is 0 Å². The SMILES string of the molecule is COCC(O)CCNCC(C#N)c1ccccc1. The maximum Gasteiger partial charge on any atom is 0.0837 e. The summed E-state index contributed by atoms with van der Waals surface area (Å²) in [6, 6.07) is 12.0. The molecule has 0 spiro atoms. The number of aliphatic hydroxyl groups is 1. The monoisotopic (exact) mass is 248 g/mol. The molecule has 0 aliphatic carbocycles. The Morgan fingerprint density at radius 2 is 2.11 bits per heavy atom. The summed E-state index contributed by atoms with van der Waals surface area (Å²) in [4.78, 5) is 0. The number of rotatable bonds is 8. The molecule has 1 aromatic rings. The molecule has 18 heavy (non-hydrogen) atoms. The van der Waals surface area contributed by atoms with Crippen LogP contribution in [0.1, 0.15) is 17.9 Å². The fraction of sp³-hybridized carbons (Fsp3) is 0.500. The van der Waals surface area contributed by atoms with E-state index in [4.69, 9.17) is 10.00 Å². The Labute approximate surface area is 108 Å². The van der Waals surface area contributed by atoms with Crippen LogP contribution in [0.25, 0.3) is 0 Å². The van der Waals surface area contributed by atoms with Crippen molar-refractivity contribution in [3.63, 3.8) is 0 Å². The summed E-state index contributed by atoms with van der Waals surface area (Å²) in [5.41, 5.74) is 1.02. The molecule has 1 rings (SSSR count). The number of benzene rings is 1. The van der Waals surface area contributed by atoms with E-state index in [-0.39, 0.29) is 5.92 Å². The molecule has 0 amide bonds. The molecule has 98 valence electrons. The predicted octanol–water partition coefficient (Wildman–Crippen LogP) is 1.28. The minimum Gasteiger partial charge on any atom is -0.391 e. The summed E-state index contributed by atoms with van der Waals surface area (Å²) in [5, 5.41) is 21.8. The highest BCUT2D eigenvalue weighted by molar-refractivity contribution is 5.24. The van der Waals surface area contributed by atoms with Crippen LogP contribution in [-0.4, -0.2) is 38.0 Å². The Kier molecular flexibility index (Phi) is 7.04. The molecule has 4 nitrogen and oxygen atoms in total. The van der Waals surface area contributed by atoms with Crippen molar-refractivity contribution in [2.75, 3.05) is 26.8 Å². The molecule has 2 unspecified atom stereocenters. The molecular weight excluding hydrogens is 228 g/mol. The van der Waals surface area contributed by atoms with Crippen molar-refractivity contribution in [1.82, 2.24) is 5.32 Å². The first kappa shape index (κ1) is 14.7. The van der Waals surface area contributed by atoms with Gasteiger partial charge in [0.2, 0.25) is 0 Å². The van der Waals surface area contributed by atoms with Crippen molar-refractivity contribution in [3.05, 3.63) is 35.9 Å². The highest BCUT2D eigenvalue weighted by atomic mass is 16.5. The van der Waals surface area contributed by atoms with E-state index in [9.17, 15) is 5.11 Å². The maximum atomic E-state index is 9.46. The van der Waals surface area contributed by atoms with Gasteiger partial charge in [0.1, 0.15) is 0 Å². The molecule has 2 N–H and O–H groups in total. The molecule has 0 saturated carbocycles. The lowest BCUT2D eigenvalue weighted by Gasteiger charge is -2.12. The Morgan fingerprint density at radius 1 is 1.39 bits per heavy atom. The first-order chi connectivity index (χ1) is 8.77. The predicted molar refractivity (Wildman–Crippen MR) is 70.2 cm³/mol.